The SMILES string of the molecule is O=C1[N]c2ccccc2C(=O)N1. The number of amides is 3. The molecule has 1 aromatic rings. The van der Waals surface area contributed by atoms with Crippen molar-refractivity contribution >= 4 is 17.6 Å². The van der Waals surface area contributed by atoms with Gasteiger partial charge in [-0.15, -0.1) is 0 Å². The molecule has 1 aliphatic heterocycles. The number of fused-ring (bicyclic) bond motifs is 1. The zero-order valence-electron chi connectivity index (χ0n) is 6.07. The van der Waals surface area contributed by atoms with Crippen LogP contribution >= 0.6 is 0 Å². The van der Waals surface area contributed by atoms with Gasteiger partial charge in [-0.25, -0.2) is 4.79 Å². The van der Waals surface area contributed by atoms with Crippen molar-refractivity contribution in [2.24, 2.45) is 0 Å². The Bertz CT molecular complexity index is 360. The molecular weight excluding hydrogens is 156 g/mol. The molecule has 0 saturated heterocycles. The highest BCUT2D eigenvalue weighted by Crippen LogP contribution is 2.17. The van der Waals surface area contributed by atoms with E-state index in [1.54, 1.807) is 24.3 Å². The summed E-state index contributed by atoms with van der Waals surface area (Å²) in [5.74, 6) is -0.384. The summed E-state index contributed by atoms with van der Waals surface area (Å²) >= 11 is 0. The molecule has 0 unspecified atom stereocenters. The fourth-order valence-electron chi connectivity index (χ4n) is 1.06. The first-order chi connectivity index (χ1) is 5.77. The lowest BCUT2D eigenvalue weighted by Crippen LogP contribution is -2.38. The highest BCUT2D eigenvalue weighted by atomic mass is 16.2. The Morgan fingerprint density at radius 1 is 1.17 bits per heavy atom. The van der Waals surface area contributed by atoms with Crippen LogP contribution in [0.25, 0.3) is 0 Å². The van der Waals surface area contributed by atoms with E-state index in [-0.39, 0.29) is 5.91 Å². The third kappa shape index (κ3) is 0.934. The molecule has 3 amide bonds. The zero-order chi connectivity index (χ0) is 8.55. The Balaban J connectivity index is 2.54. The number of nitrogens with zero attached hydrogens (tertiary/aromatic N) is 1. The van der Waals surface area contributed by atoms with Crippen molar-refractivity contribution in [2.75, 3.05) is 0 Å². The predicted octanol–water partition coefficient (Wildman–Crippen LogP) is 0.786. The highest BCUT2D eigenvalue weighted by molar-refractivity contribution is 6.11. The largest absolute Gasteiger partial charge is 0.348 e. The molecule has 0 aliphatic carbocycles. The Labute approximate surface area is 68.6 Å². The normalized spacial score (nSPS) is 14.7. The molecule has 1 heterocycles. The summed E-state index contributed by atoms with van der Waals surface area (Å²) < 4.78 is 0. The monoisotopic (exact) mass is 161 g/mol. The van der Waals surface area contributed by atoms with Gasteiger partial charge in [0.05, 0.1) is 11.3 Å². The highest BCUT2D eigenvalue weighted by Gasteiger charge is 2.21. The van der Waals surface area contributed by atoms with Crippen molar-refractivity contribution in [3.8, 4) is 0 Å². The van der Waals surface area contributed by atoms with Crippen LogP contribution in [0.5, 0.6) is 0 Å². The van der Waals surface area contributed by atoms with Crippen molar-refractivity contribution in [1.29, 1.82) is 0 Å². The van der Waals surface area contributed by atoms with Crippen LogP contribution in [0.15, 0.2) is 24.3 Å². The molecule has 0 saturated carbocycles. The van der Waals surface area contributed by atoms with Crippen molar-refractivity contribution in [3.63, 3.8) is 0 Å². The van der Waals surface area contributed by atoms with Gasteiger partial charge in [-0.1, -0.05) is 12.1 Å². The number of imide groups is 1. The third-order valence-corrected chi connectivity index (χ3v) is 1.59. The molecular formula is C8H5N2O2. The molecule has 4 nitrogen and oxygen atoms in total. The maximum absolute atomic E-state index is 11.1. The van der Waals surface area contributed by atoms with E-state index < -0.39 is 6.03 Å². The maximum Gasteiger partial charge on any atom is 0.348 e. The average molecular weight is 161 g/mol. The summed E-state index contributed by atoms with van der Waals surface area (Å²) in [4.78, 5) is 21.8. The first kappa shape index (κ1) is 6.84. The second-order valence-corrected chi connectivity index (χ2v) is 2.39. The van der Waals surface area contributed by atoms with E-state index in [2.05, 4.69) is 10.6 Å². The summed E-state index contributed by atoms with van der Waals surface area (Å²) in [6.45, 7) is 0. The fraction of sp³-hybridized carbons (Fsp3) is 0. The fourth-order valence-corrected chi connectivity index (χ4v) is 1.06. The van der Waals surface area contributed by atoms with E-state index in [9.17, 15) is 9.59 Å². The van der Waals surface area contributed by atoms with Crippen LogP contribution in [0.2, 0.25) is 0 Å². The van der Waals surface area contributed by atoms with Crippen molar-refractivity contribution in [2.45, 2.75) is 0 Å². The topological polar surface area (TPSA) is 60.3 Å². The summed E-state index contributed by atoms with van der Waals surface area (Å²) in [5.41, 5.74) is 0.878. The van der Waals surface area contributed by atoms with Gasteiger partial charge in [-0.05, 0) is 12.1 Å². The number of hydrogen-bond donors (Lipinski definition) is 1. The van der Waals surface area contributed by atoms with Crippen molar-refractivity contribution in [1.82, 2.24) is 10.6 Å². The molecule has 4 heteroatoms. The summed E-state index contributed by atoms with van der Waals surface area (Å²) in [7, 11) is 0. The number of para-hydroxylation sites is 1. The number of rotatable bonds is 0. The minimum Gasteiger partial charge on any atom is -0.272 e. The number of hydrogen-bond acceptors (Lipinski definition) is 2. The van der Waals surface area contributed by atoms with Crippen LogP contribution in [-0.2, 0) is 0 Å². The number of benzene rings is 1. The third-order valence-electron chi connectivity index (χ3n) is 1.59. The van der Waals surface area contributed by atoms with Crippen LogP contribution in [0.4, 0.5) is 10.5 Å². The first-order valence-electron chi connectivity index (χ1n) is 3.43. The van der Waals surface area contributed by atoms with Crippen LogP contribution in [0, 0.1) is 0 Å². The number of carbonyl (C=O) groups is 2. The molecule has 1 aliphatic rings. The summed E-state index contributed by atoms with van der Waals surface area (Å²) in [6.07, 6.45) is 0. The molecule has 0 fully saturated rings. The van der Waals surface area contributed by atoms with E-state index in [1.165, 1.54) is 0 Å². The Kier molecular flexibility index (Phi) is 1.33. The lowest BCUT2D eigenvalue weighted by molar-refractivity contribution is 0.0960. The van der Waals surface area contributed by atoms with Crippen molar-refractivity contribution < 1.29 is 9.59 Å². The molecule has 12 heavy (non-hydrogen) atoms. The first-order valence-corrected chi connectivity index (χ1v) is 3.43. The smallest absolute Gasteiger partial charge is 0.272 e. The van der Waals surface area contributed by atoms with Gasteiger partial charge in [0.15, 0.2) is 0 Å². The van der Waals surface area contributed by atoms with Gasteiger partial charge in [0.1, 0.15) is 0 Å². The van der Waals surface area contributed by atoms with Gasteiger partial charge >= 0.3 is 6.03 Å². The maximum atomic E-state index is 11.1. The molecule has 2 rings (SSSR count). The molecule has 0 spiro atoms. The lowest BCUT2D eigenvalue weighted by Gasteiger charge is -2.13. The van der Waals surface area contributed by atoms with Crippen LogP contribution in [0.3, 0.4) is 0 Å². The van der Waals surface area contributed by atoms with Gasteiger partial charge in [0, 0.05) is 0 Å². The van der Waals surface area contributed by atoms with E-state index in [4.69, 9.17) is 0 Å². The number of nitrogens with one attached hydrogen (secondary N) is 1. The van der Waals surface area contributed by atoms with Crippen LogP contribution < -0.4 is 10.6 Å². The second kappa shape index (κ2) is 2.34. The Morgan fingerprint density at radius 2 is 1.92 bits per heavy atom. The minimum atomic E-state index is -0.598. The van der Waals surface area contributed by atoms with Gasteiger partial charge < -0.3 is 0 Å². The Morgan fingerprint density at radius 3 is 2.75 bits per heavy atom. The molecule has 1 aromatic carbocycles. The van der Waals surface area contributed by atoms with Crippen LogP contribution in [-0.4, -0.2) is 11.9 Å². The lowest BCUT2D eigenvalue weighted by atomic mass is 10.1. The van der Waals surface area contributed by atoms with Gasteiger partial charge in [-0.3, -0.25) is 10.1 Å². The zero-order valence-corrected chi connectivity index (χ0v) is 6.07. The minimum absolute atomic E-state index is 0.384. The second-order valence-electron chi connectivity index (χ2n) is 2.39. The molecule has 0 atom stereocenters. The standard InChI is InChI=1S/C8H5N2O2/c11-7-5-3-1-2-4-6(5)9-8(12)10-7/h1-4H,(H,10,11,12). The van der Waals surface area contributed by atoms with Crippen molar-refractivity contribution in [3.05, 3.63) is 29.8 Å². The van der Waals surface area contributed by atoms with Crippen LogP contribution in [0.1, 0.15) is 10.4 Å². The molecule has 0 aromatic heterocycles. The number of urea groups is 1. The molecule has 1 N–H and O–H groups in total. The predicted molar refractivity (Wildman–Crippen MR) is 41.1 cm³/mol. The average Bonchev–Trinajstić information content (AvgIpc) is 2.04. The van der Waals surface area contributed by atoms with Gasteiger partial charge in [-0.2, -0.15) is 5.32 Å². The Hall–Kier alpha value is -1.84. The summed E-state index contributed by atoms with van der Waals surface area (Å²) in [5, 5.41) is 5.72. The molecule has 59 valence electrons. The summed E-state index contributed by atoms with van der Waals surface area (Å²) in [6, 6.07) is 6.11. The van der Waals surface area contributed by atoms with E-state index in [0.29, 0.717) is 11.3 Å². The van der Waals surface area contributed by atoms with Gasteiger partial charge in [0.2, 0.25) is 0 Å². The number of carbonyl (C=O) groups excluding carboxylic acids is 2. The molecule has 0 bridgehead atoms. The van der Waals surface area contributed by atoms with Gasteiger partial charge in [0.25, 0.3) is 5.91 Å². The molecule has 1 radical (unpaired) electrons. The van der Waals surface area contributed by atoms with E-state index in [0.717, 1.165) is 0 Å². The van der Waals surface area contributed by atoms with E-state index in [1.807, 2.05) is 0 Å². The van der Waals surface area contributed by atoms with E-state index >= 15 is 0 Å². The quantitative estimate of drug-likeness (QED) is 0.611.